The lowest BCUT2D eigenvalue weighted by Crippen LogP contribution is -2.42. The van der Waals surface area contributed by atoms with Gasteiger partial charge >= 0.3 is 0 Å². The molecule has 1 amide bonds. The van der Waals surface area contributed by atoms with Crippen LogP contribution in [-0.2, 0) is 4.79 Å². The summed E-state index contributed by atoms with van der Waals surface area (Å²) >= 11 is 0. The molecule has 0 aliphatic carbocycles. The molecular formula is C10H18N2O. The van der Waals surface area contributed by atoms with E-state index in [1.54, 1.807) is 0 Å². The maximum absolute atomic E-state index is 11.9. The molecule has 0 aromatic heterocycles. The van der Waals surface area contributed by atoms with Crippen molar-refractivity contribution in [3.63, 3.8) is 0 Å². The number of hydrogen-bond acceptors (Lipinski definition) is 2. The molecule has 0 radical (unpaired) electrons. The van der Waals surface area contributed by atoms with E-state index in [0.717, 1.165) is 26.1 Å². The minimum Gasteiger partial charge on any atom is -0.341 e. The van der Waals surface area contributed by atoms with Crippen molar-refractivity contribution in [3.8, 4) is 0 Å². The first-order valence-corrected chi connectivity index (χ1v) is 5.28. The molecule has 13 heavy (non-hydrogen) atoms. The molecule has 2 aliphatic heterocycles. The summed E-state index contributed by atoms with van der Waals surface area (Å²) in [6.45, 7) is 3.07. The van der Waals surface area contributed by atoms with Crippen LogP contribution in [0.25, 0.3) is 0 Å². The number of carbonyl (C=O) groups excluding carboxylic acids is 1. The van der Waals surface area contributed by atoms with Crippen molar-refractivity contribution < 1.29 is 4.79 Å². The summed E-state index contributed by atoms with van der Waals surface area (Å²) in [6, 6.07) is 0.193. The van der Waals surface area contributed by atoms with Crippen molar-refractivity contribution in [3.05, 3.63) is 0 Å². The van der Waals surface area contributed by atoms with Crippen LogP contribution in [0.1, 0.15) is 25.7 Å². The molecule has 74 valence electrons. The average molecular weight is 182 g/mol. The second kappa shape index (κ2) is 3.66. The van der Waals surface area contributed by atoms with Crippen LogP contribution < -0.4 is 0 Å². The summed E-state index contributed by atoms with van der Waals surface area (Å²) in [5.41, 5.74) is 0. The van der Waals surface area contributed by atoms with Gasteiger partial charge in [0.1, 0.15) is 0 Å². The van der Waals surface area contributed by atoms with Gasteiger partial charge in [-0.3, -0.25) is 9.69 Å². The van der Waals surface area contributed by atoms with Gasteiger partial charge in [-0.2, -0.15) is 0 Å². The van der Waals surface area contributed by atoms with Gasteiger partial charge in [-0.05, 0) is 39.3 Å². The molecule has 2 saturated heterocycles. The lowest BCUT2D eigenvalue weighted by atomic mass is 10.2. The van der Waals surface area contributed by atoms with Gasteiger partial charge in [0.2, 0.25) is 5.91 Å². The van der Waals surface area contributed by atoms with Crippen LogP contribution in [0.4, 0.5) is 0 Å². The predicted octanol–water partition coefficient (Wildman–Crippen LogP) is 0.703. The van der Waals surface area contributed by atoms with Crippen LogP contribution in [0.5, 0.6) is 0 Å². The molecule has 2 fully saturated rings. The summed E-state index contributed by atoms with van der Waals surface area (Å²) in [6.07, 6.45) is 4.64. The van der Waals surface area contributed by atoms with E-state index in [4.69, 9.17) is 0 Å². The van der Waals surface area contributed by atoms with Crippen molar-refractivity contribution in [2.45, 2.75) is 31.7 Å². The molecule has 1 atom stereocenters. The fourth-order valence-electron chi connectivity index (χ4n) is 2.37. The Morgan fingerprint density at radius 3 is 2.38 bits per heavy atom. The Hall–Kier alpha value is -0.570. The standard InChI is InChI=1S/C10H18N2O/c1-11-6-4-5-9(11)10(13)12-7-2-3-8-12/h9H,2-8H2,1H3/t9-/m1/s1. The van der Waals surface area contributed by atoms with E-state index >= 15 is 0 Å². The third kappa shape index (κ3) is 1.70. The first-order valence-electron chi connectivity index (χ1n) is 5.28. The van der Waals surface area contributed by atoms with Crippen molar-refractivity contribution in [1.29, 1.82) is 0 Å². The maximum atomic E-state index is 11.9. The molecule has 0 saturated carbocycles. The monoisotopic (exact) mass is 182 g/mol. The fraction of sp³-hybridized carbons (Fsp3) is 0.900. The number of carbonyl (C=O) groups is 1. The van der Waals surface area contributed by atoms with Crippen LogP contribution >= 0.6 is 0 Å². The van der Waals surface area contributed by atoms with Crippen LogP contribution in [0.2, 0.25) is 0 Å². The minimum atomic E-state index is 0.193. The highest BCUT2D eigenvalue weighted by Gasteiger charge is 2.32. The fourth-order valence-corrected chi connectivity index (χ4v) is 2.37. The second-order valence-corrected chi connectivity index (χ2v) is 4.17. The van der Waals surface area contributed by atoms with Crippen LogP contribution in [0, 0.1) is 0 Å². The Bertz CT molecular complexity index is 199. The van der Waals surface area contributed by atoms with E-state index in [1.807, 2.05) is 4.90 Å². The quantitative estimate of drug-likeness (QED) is 0.596. The van der Waals surface area contributed by atoms with Crippen molar-refractivity contribution >= 4 is 5.91 Å². The molecule has 0 bridgehead atoms. The molecule has 0 aromatic carbocycles. The summed E-state index contributed by atoms with van der Waals surface area (Å²) in [7, 11) is 2.06. The molecule has 3 heteroatoms. The van der Waals surface area contributed by atoms with Crippen molar-refractivity contribution in [2.75, 3.05) is 26.7 Å². The number of nitrogens with zero attached hydrogens (tertiary/aromatic N) is 2. The summed E-state index contributed by atoms with van der Waals surface area (Å²) in [4.78, 5) is 16.2. The zero-order chi connectivity index (χ0) is 9.26. The van der Waals surface area contributed by atoms with E-state index in [9.17, 15) is 4.79 Å². The molecule has 0 N–H and O–H groups in total. The van der Waals surface area contributed by atoms with E-state index in [1.165, 1.54) is 19.3 Å². The van der Waals surface area contributed by atoms with Crippen LogP contribution in [0.3, 0.4) is 0 Å². The highest BCUT2D eigenvalue weighted by molar-refractivity contribution is 5.82. The largest absolute Gasteiger partial charge is 0.341 e. The smallest absolute Gasteiger partial charge is 0.239 e. The van der Waals surface area contributed by atoms with Gasteiger partial charge in [-0.1, -0.05) is 0 Å². The highest BCUT2D eigenvalue weighted by Crippen LogP contribution is 2.19. The number of likely N-dealkylation sites (tertiary alicyclic amines) is 2. The van der Waals surface area contributed by atoms with Gasteiger partial charge in [0.25, 0.3) is 0 Å². The first kappa shape index (κ1) is 9.00. The molecule has 3 nitrogen and oxygen atoms in total. The normalized spacial score (nSPS) is 29.9. The lowest BCUT2D eigenvalue weighted by Gasteiger charge is -2.24. The van der Waals surface area contributed by atoms with E-state index in [-0.39, 0.29) is 6.04 Å². The molecular weight excluding hydrogens is 164 g/mol. The molecule has 0 spiro atoms. The topological polar surface area (TPSA) is 23.6 Å². The van der Waals surface area contributed by atoms with E-state index in [0.29, 0.717) is 5.91 Å². The van der Waals surface area contributed by atoms with Gasteiger partial charge in [-0.15, -0.1) is 0 Å². The Labute approximate surface area is 79.7 Å². The van der Waals surface area contributed by atoms with Gasteiger partial charge in [0.05, 0.1) is 6.04 Å². The zero-order valence-electron chi connectivity index (χ0n) is 8.33. The summed E-state index contributed by atoms with van der Waals surface area (Å²) in [5, 5.41) is 0. The molecule has 0 unspecified atom stereocenters. The number of hydrogen-bond donors (Lipinski definition) is 0. The lowest BCUT2D eigenvalue weighted by molar-refractivity contribution is -0.134. The molecule has 2 rings (SSSR count). The molecule has 2 heterocycles. The highest BCUT2D eigenvalue weighted by atomic mass is 16.2. The van der Waals surface area contributed by atoms with E-state index in [2.05, 4.69) is 11.9 Å². The number of amides is 1. The third-order valence-electron chi connectivity index (χ3n) is 3.22. The van der Waals surface area contributed by atoms with Gasteiger partial charge < -0.3 is 4.90 Å². The molecule has 2 aliphatic rings. The first-order chi connectivity index (χ1) is 6.29. The Morgan fingerprint density at radius 2 is 1.85 bits per heavy atom. The van der Waals surface area contributed by atoms with Crippen LogP contribution in [-0.4, -0.2) is 48.4 Å². The Morgan fingerprint density at radius 1 is 1.15 bits per heavy atom. The SMILES string of the molecule is CN1CCC[C@@H]1C(=O)N1CCCC1. The molecule has 0 aromatic rings. The van der Waals surface area contributed by atoms with Crippen LogP contribution in [0.15, 0.2) is 0 Å². The second-order valence-electron chi connectivity index (χ2n) is 4.17. The average Bonchev–Trinajstić information content (AvgIpc) is 2.72. The van der Waals surface area contributed by atoms with Crippen molar-refractivity contribution in [2.24, 2.45) is 0 Å². The van der Waals surface area contributed by atoms with Gasteiger partial charge in [0, 0.05) is 13.1 Å². The number of rotatable bonds is 1. The number of likely N-dealkylation sites (N-methyl/N-ethyl adjacent to an activating group) is 1. The third-order valence-corrected chi connectivity index (χ3v) is 3.22. The zero-order valence-corrected chi connectivity index (χ0v) is 8.33. The predicted molar refractivity (Wildman–Crippen MR) is 51.5 cm³/mol. The maximum Gasteiger partial charge on any atom is 0.239 e. The summed E-state index contributed by atoms with van der Waals surface area (Å²) < 4.78 is 0. The Balaban J connectivity index is 1.95. The van der Waals surface area contributed by atoms with Crippen molar-refractivity contribution in [1.82, 2.24) is 9.80 Å². The van der Waals surface area contributed by atoms with Gasteiger partial charge in [0.15, 0.2) is 0 Å². The summed E-state index contributed by atoms with van der Waals surface area (Å²) in [5.74, 6) is 0.373. The van der Waals surface area contributed by atoms with E-state index < -0.39 is 0 Å². The minimum absolute atomic E-state index is 0.193. The Kier molecular flexibility index (Phi) is 2.54. The van der Waals surface area contributed by atoms with Gasteiger partial charge in [-0.25, -0.2) is 0 Å².